The number of hydrogen-bond acceptors (Lipinski definition) is 2. The Labute approximate surface area is 124 Å². The normalized spacial score (nSPS) is 31.3. The van der Waals surface area contributed by atoms with Crippen LogP contribution in [-0.2, 0) is 0 Å². The van der Waals surface area contributed by atoms with Gasteiger partial charge in [0.2, 0.25) is 0 Å². The zero-order chi connectivity index (χ0) is 13.6. The van der Waals surface area contributed by atoms with Gasteiger partial charge in [-0.1, -0.05) is 6.42 Å². The molecule has 2 aliphatic carbocycles. The van der Waals surface area contributed by atoms with Gasteiger partial charge in [0.15, 0.2) is 0 Å². The lowest BCUT2D eigenvalue weighted by Gasteiger charge is -2.31. The van der Waals surface area contributed by atoms with E-state index >= 15 is 0 Å². The molecule has 1 N–H and O–H groups in total. The fourth-order valence-corrected chi connectivity index (χ4v) is 4.83. The molecule has 4 heteroatoms. The Balaban J connectivity index is 1.92. The highest BCUT2D eigenvalue weighted by Gasteiger charge is 2.44. The highest BCUT2D eigenvalue weighted by atomic mass is 79.9. The Bertz CT molecular complexity index is 454. The van der Waals surface area contributed by atoms with Gasteiger partial charge in [-0.3, -0.25) is 4.68 Å². The summed E-state index contributed by atoms with van der Waals surface area (Å²) >= 11 is 3.70. The van der Waals surface area contributed by atoms with E-state index in [2.05, 4.69) is 51.9 Å². The van der Waals surface area contributed by atoms with Crippen LogP contribution in [0.1, 0.15) is 57.3 Å². The van der Waals surface area contributed by atoms with Gasteiger partial charge in [0.1, 0.15) is 0 Å². The van der Waals surface area contributed by atoms with Crippen LogP contribution < -0.4 is 5.32 Å². The third-order valence-electron chi connectivity index (χ3n) is 5.10. The Morgan fingerprint density at radius 1 is 1.37 bits per heavy atom. The van der Waals surface area contributed by atoms with Crippen LogP contribution in [0.15, 0.2) is 10.7 Å². The van der Waals surface area contributed by atoms with E-state index in [0.29, 0.717) is 12.1 Å². The predicted octanol–water partition coefficient (Wildman–Crippen LogP) is 3.92. The summed E-state index contributed by atoms with van der Waals surface area (Å²) in [4.78, 5) is 0. The van der Waals surface area contributed by atoms with E-state index in [9.17, 15) is 0 Å². The fourth-order valence-electron chi connectivity index (χ4n) is 4.31. The molecule has 0 aromatic carbocycles. The number of rotatable bonds is 4. The molecule has 2 saturated carbocycles. The van der Waals surface area contributed by atoms with Gasteiger partial charge in [0.05, 0.1) is 22.4 Å². The van der Waals surface area contributed by atoms with Gasteiger partial charge < -0.3 is 5.32 Å². The average Bonchev–Trinajstić information content (AvgIpc) is 3.06. The molecule has 2 bridgehead atoms. The molecule has 0 radical (unpaired) electrons. The summed E-state index contributed by atoms with van der Waals surface area (Å²) in [6.45, 7) is 4.41. The van der Waals surface area contributed by atoms with Gasteiger partial charge in [-0.2, -0.15) is 5.10 Å². The van der Waals surface area contributed by atoms with Crippen LogP contribution in [0.3, 0.4) is 0 Å². The Hall–Kier alpha value is -0.350. The summed E-state index contributed by atoms with van der Waals surface area (Å²) in [5.74, 6) is 2.69. The minimum atomic E-state index is 0.413. The lowest BCUT2D eigenvalue weighted by atomic mass is 9.82. The van der Waals surface area contributed by atoms with Gasteiger partial charge in [-0.15, -0.1) is 0 Å². The van der Waals surface area contributed by atoms with E-state index in [4.69, 9.17) is 0 Å². The molecule has 1 aromatic rings. The van der Waals surface area contributed by atoms with Gasteiger partial charge >= 0.3 is 0 Å². The summed E-state index contributed by atoms with van der Waals surface area (Å²) in [5, 5.41) is 8.12. The summed E-state index contributed by atoms with van der Waals surface area (Å²) < 4.78 is 3.33. The number of nitrogens with zero attached hydrogens (tertiary/aromatic N) is 2. The van der Waals surface area contributed by atoms with Crippen LogP contribution in [0.5, 0.6) is 0 Å². The summed E-state index contributed by atoms with van der Waals surface area (Å²) in [7, 11) is 2.10. The molecule has 4 unspecified atom stereocenters. The van der Waals surface area contributed by atoms with Crippen LogP contribution in [0.25, 0.3) is 0 Å². The van der Waals surface area contributed by atoms with Crippen molar-refractivity contribution in [2.45, 2.75) is 51.6 Å². The maximum atomic E-state index is 4.55. The number of fused-ring (bicyclic) bond motifs is 2. The zero-order valence-electron chi connectivity index (χ0n) is 12.1. The highest BCUT2D eigenvalue weighted by molar-refractivity contribution is 9.10. The quantitative estimate of drug-likeness (QED) is 0.909. The Morgan fingerprint density at radius 3 is 2.68 bits per heavy atom. The molecule has 0 amide bonds. The molecule has 1 heterocycles. The number of halogens is 1. The first-order valence-corrected chi connectivity index (χ1v) is 8.31. The predicted molar refractivity (Wildman–Crippen MR) is 81.1 cm³/mol. The standard InChI is InChI=1S/C15H24BrN3/c1-9(2)19-15(13(16)8-18-19)14(17-3)12-7-10-4-5-11(12)6-10/h8-12,14,17H,4-7H2,1-3H3. The van der Waals surface area contributed by atoms with Crippen LogP contribution in [0.2, 0.25) is 0 Å². The summed E-state index contributed by atoms with van der Waals surface area (Å²) in [5.41, 5.74) is 1.34. The van der Waals surface area contributed by atoms with Crippen LogP contribution >= 0.6 is 15.9 Å². The highest BCUT2D eigenvalue weighted by Crippen LogP contribution is 2.53. The molecular formula is C15H24BrN3. The van der Waals surface area contributed by atoms with Crippen LogP contribution in [0, 0.1) is 17.8 Å². The van der Waals surface area contributed by atoms with Crippen molar-refractivity contribution < 1.29 is 0 Å². The first kappa shape index (κ1) is 13.6. The molecule has 0 saturated heterocycles. The second-order valence-electron chi connectivity index (χ2n) is 6.52. The van der Waals surface area contributed by atoms with E-state index in [1.165, 1.54) is 31.4 Å². The Kier molecular flexibility index (Phi) is 3.73. The monoisotopic (exact) mass is 325 g/mol. The zero-order valence-corrected chi connectivity index (χ0v) is 13.7. The molecule has 4 atom stereocenters. The van der Waals surface area contributed by atoms with Gasteiger partial charge in [0, 0.05) is 6.04 Å². The maximum Gasteiger partial charge on any atom is 0.0701 e. The number of hydrogen-bond donors (Lipinski definition) is 1. The van der Waals surface area contributed by atoms with E-state index < -0.39 is 0 Å². The molecule has 0 spiro atoms. The van der Waals surface area contributed by atoms with Gasteiger partial charge in [0.25, 0.3) is 0 Å². The third kappa shape index (κ3) is 2.27. The van der Waals surface area contributed by atoms with Gasteiger partial charge in [-0.05, 0) is 73.8 Å². The third-order valence-corrected chi connectivity index (χ3v) is 5.71. The second kappa shape index (κ2) is 5.21. The lowest BCUT2D eigenvalue weighted by Crippen LogP contribution is -2.31. The molecular weight excluding hydrogens is 302 g/mol. The van der Waals surface area contributed by atoms with Crippen molar-refractivity contribution in [3.63, 3.8) is 0 Å². The topological polar surface area (TPSA) is 29.9 Å². The first-order chi connectivity index (χ1) is 9.11. The second-order valence-corrected chi connectivity index (χ2v) is 7.38. The SMILES string of the molecule is CNC(c1c(Br)cnn1C(C)C)C1CC2CCC1C2. The minimum absolute atomic E-state index is 0.413. The van der Waals surface area contributed by atoms with Gasteiger partial charge in [-0.25, -0.2) is 0 Å². The van der Waals surface area contributed by atoms with Crippen molar-refractivity contribution in [3.05, 3.63) is 16.4 Å². The van der Waals surface area contributed by atoms with Crippen molar-refractivity contribution >= 4 is 15.9 Å². The smallest absolute Gasteiger partial charge is 0.0701 e. The largest absolute Gasteiger partial charge is 0.311 e. The molecule has 19 heavy (non-hydrogen) atoms. The minimum Gasteiger partial charge on any atom is -0.311 e. The molecule has 2 fully saturated rings. The van der Waals surface area contributed by atoms with Crippen LogP contribution in [0.4, 0.5) is 0 Å². The van der Waals surface area contributed by atoms with Crippen molar-refractivity contribution in [3.8, 4) is 0 Å². The first-order valence-electron chi connectivity index (χ1n) is 7.52. The molecule has 2 aliphatic rings. The van der Waals surface area contributed by atoms with E-state index in [1.807, 2.05) is 6.20 Å². The molecule has 3 rings (SSSR count). The fraction of sp³-hybridized carbons (Fsp3) is 0.800. The number of nitrogens with one attached hydrogen (secondary N) is 1. The Morgan fingerprint density at radius 2 is 2.16 bits per heavy atom. The van der Waals surface area contributed by atoms with Crippen molar-refractivity contribution in [2.75, 3.05) is 7.05 Å². The molecule has 3 nitrogen and oxygen atoms in total. The number of aromatic nitrogens is 2. The molecule has 106 valence electrons. The van der Waals surface area contributed by atoms with Crippen LogP contribution in [-0.4, -0.2) is 16.8 Å². The van der Waals surface area contributed by atoms with Crippen molar-refractivity contribution in [1.29, 1.82) is 0 Å². The molecule has 1 aromatic heterocycles. The van der Waals surface area contributed by atoms with E-state index in [-0.39, 0.29) is 0 Å². The van der Waals surface area contributed by atoms with E-state index in [0.717, 1.165) is 22.2 Å². The van der Waals surface area contributed by atoms with Crippen molar-refractivity contribution in [1.82, 2.24) is 15.1 Å². The summed E-state index contributed by atoms with van der Waals surface area (Å²) in [6, 6.07) is 0.852. The lowest BCUT2D eigenvalue weighted by molar-refractivity contribution is 0.247. The van der Waals surface area contributed by atoms with Crippen molar-refractivity contribution in [2.24, 2.45) is 17.8 Å². The average molecular weight is 326 g/mol. The maximum absolute atomic E-state index is 4.55. The van der Waals surface area contributed by atoms with E-state index in [1.54, 1.807) is 0 Å². The summed E-state index contributed by atoms with van der Waals surface area (Å²) in [6.07, 6.45) is 7.69. The molecule has 0 aliphatic heterocycles.